The lowest BCUT2D eigenvalue weighted by Gasteiger charge is -2.11. The molecule has 1 aromatic heterocycles. The molecule has 0 fully saturated rings. The molecule has 114 valence electrons. The summed E-state index contributed by atoms with van der Waals surface area (Å²) in [6, 6.07) is 6.81. The Morgan fingerprint density at radius 2 is 2.09 bits per heavy atom. The number of ether oxygens (including phenoxy) is 1. The van der Waals surface area contributed by atoms with E-state index >= 15 is 0 Å². The molecule has 0 bridgehead atoms. The summed E-state index contributed by atoms with van der Waals surface area (Å²) < 4.78 is 6.75. The van der Waals surface area contributed by atoms with Gasteiger partial charge in [0.25, 0.3) is 5.56 Å². The zero-order valence-corrected chi connectivity index (χ0v) is 13.6. The van der Waals surface area contributed by atoms with Gasteiger partial charge in [-0.1, -0.05) is 23.2 Å². The fourth-order valence-electron chi connectivity index (χ4n) is 1.89. The standard InChI is InChI=1S/C15H13Cl2N3O2/c1-9-10(2)19-20(15(21)12(9)8-18)5-6-22-14-4-3-11(16)7-13(14)17/h3-4,7H,5-6H2,1-2H3. The third kappa shape index (κ3) is 3.41. The van der Waals surface area contributed by atoms with Crippen molar-refractivity contribution in [2.24, 2.45) is 0 Å². The highest BCUT2D eigenvalue weighted by Gasteiger charge is 2.11. The molecule has 1 heterocycles. The van der Waals surface area contributed by atoms with E-state index in [4.69, 9.17) is 33.2 Å². The lowest BCUT2D eigenvalue weighted by Crippen LogP contribution is -2.29. The molecule has 0 saturated carbocycles. The highest BCUT2D eigenvalue weighted by Crippen LogP contribution is 2.27. The molecule has 0 unspecified atom stereocenters. The second-order valence-electron chi connectivity index (χ2n) is 4.65. The minimum absolute atomic E-state index is 0.108. The molecule has 0 aliphatic rings. The topological polar surface area (TPSA) is 67.9 Å². The van der Waals surface area contributed by atoms with Gasteiger partial charge < -0.3 is 4.74 Å². The summed E-state index contributed by atoms with van der Waals surface area (Å²) in [6.07, 6.45) is 0. The number of benzene rings is 1. The molecule has 2 aromatic rings. The van der Waals surface area contributed by atoms with Crippen molar-refractivity contribution >= 4 is 23.2 Å². The van der Waals surface area contributed by atoms with Gasteiger partial charge in [0.1, 0.15) is 24.0 Å². The summed E-state index contributed by atoms with van der Waals surface area (Å²) in [5.41, 5.74) is 0.930. The van der Waals surface area contributed by atoms with Crippen LogP contribution >= 0.6 is 23.2 Å². The second-order valence-corrected chi connectivity index (χ2v) is 5.49. The van der Waals surface area contributed by atoms with Crippen LogP contribution in [0.5, 0.6) is 5.75 Å². The first-order valence-corrected chi connectivity index (χ1v) is 7.26. The van der Waals surface area contributed by atoms with Crippen LogP contribution in [0.4, 0.5) is 0 Å². The molecule has 5 nitrogen and oxygen atoms in total. The predicted molar refractivity (Wildman–Crippen MR) is 84.6 cm³/mol. The molecular formula is C15H13Cl2N3O2. The van der Waals surface area contributed by atoms with Crippen LogP contribution in [0, 0.1) is 25.2 Å². The van der Waals surface area contributed by atoms with Crippen molar-refractivity contribution in [1.82, 2.24) is 9.78 Å². The highest BCUT2D eigenvalue weighted by atomic mass is 35.5. The van der Waals surface area contributed by atoms with Gasteiger partial charge >= 0.3 is 0 Å². The Balaban J connectivity index is 2.14. The van der Waals surface area contributed by atoms with Gasteiger partial charge in [-0.3, -0.25) is 4.79 Å². The first kappa shape index (κ1) is 16.3. The number of aryl methyl sites for hydroxylation is 1. The quantitative estimate of drug-likeness (QED) is 0.859. The summed E-state index contributed by atoms with van der Waals surface area (Å²) >= 11 is 11.8. The van der Waals surface area contributed by atoms with Gasteiger partial charge in [0.15, 0.2) is 0 Å². The Morgan fingerprint density at radius 3 is 2.73 bits per heavy atom. The van der Waals surface area contributed by atoms with E-state index in [9.17, 15) is 4.79 Å². The van der Waals surface area contributed by atoms with E-state index in [1.54, 1.807) is 32.0 Å². The molecule has 22 heavy (non-hydrogen) atoms. The van der Waals surface area contributed by atoms with Gasteiger partial charge in [-0.25, -0.2) is 4.68 Å². The third-order valence-corrected chi connectivity index (χ3v) is 3.73. The third-order valence-electron chi connectivity index (χ3n) is 3.20. The van der Waals surface area contributed by atoms with Crippen LogP contribution < -0.4 is 10.3 Å². The predicted octanol–water partition coefficient (Wildman–Crippen LogP) is 3.12. The molecule has 1 aromatic carbocycles. The first-order chi connectivity index (χ1) is 10.4. The van der Waals surface area contributed by atoms with Gasteiger partial charge in [0, 0.05) is 5.02 Å². The molecule has 0 atom stereocenters. The molecule has 7 heteroatoms. The fourth-order valence-corrected chi connectivity index (χ4v) is 2.35. The normalized spacial score (nSPS) is 10.3. The Kier molecular flexibility index (Phi) is 5.07. The number of halogens is 2. The van der Waals surface area contributed by atoms with Crippen LogP contribution in [0.25, 0.3) is 0 Å². The molecule has 2 rings (SSSR count). The molecule has 0 aliphatic carbocycles. The maximum atomic E-state index is 12.1. The van der Waals surface area contributed by atoms with Crippen LogP contribution in [0.2, 0.25) is 10.0 Å². The monoisotopic (exact) mass is 337 g/mol. The van der Waals surface area contributed by atoms with E-state index in [1.165, 1.54) is 4.68 Å². The minimum Gasteiger partial charge on any atom is -0.490 e. The number of rotatable bonds is 4. The first-order valence-electron chi connectivity index (χ1n) is 6.50. The summed E-state index contributed by atoms with van der Waals surface area (Å²) in [4.78, 5) is 12.1. The van der Waals surface area contributed by atoms with Crippen LogP contribution in [0.1, 0.15) is 16.8 Å². The smallest absolute Gasteiger partial charge is 0.285 e. The molecule has 0 saturated heterocycles. The SMILES string of the molecule is Cc1nn(CCOc2ccc(Cl)cc2Cl)c(=O)c(C#N)c1C. The molecule has 0 spiro atoms. The highest BCUT2D eigenvalue weighted by molar-refractivity contribution is 6.35. The summed E-state index contributed by atoms with van der Waals surface area (Å²) in [5, 5.41) is 14.1. The maximum absolute atomic E-state index is 12.1. The van der Waals surface area contributed by atoms with Crippen LogP contribution in [-0.4, -0.2) is 16.4 Å². The second kappa shape index (κ2) is 6.82. The summed E-state index contributed by atoms with van der Waals surface area (Å²) in [7, 11) is 0. The van der Waals surface area contributed by atoms with Crippen molar-refractivity contribution in [2.75, 3.05) is 6.61 Å². The molecule has 0 amide bonds. The Labute approximate surface area is 137 Å². The Bertz CT molecular complexity index is 810. The molecule has 0 radical (unpaired) electrons. The van der Waals surface area contributed by atoms with E-state index in [1.807, 2.05) is 6.07 Å². The molecule has 0 aliphatic heterocycles. The van der Waals surface area contributed by atoms with Gasteiger partial charge in [-0.05, 0) is 37.6 Å². The van der Waals surface area contributed by atoms with Crippen molar-refractivity contribution in [3.8, 4) is 11.8 Å². The average Bonchev–Trinajstić information content (AvgIpc) is 2.47. The Hall–Kier alpha value is -2.03. The molecule has 0 N–H and O–H groups in total. The van der Waals surface area contributed by atoms with E-state index in [2.05, 4.69) is 5.10 Å². The van der Waals surface area contributed by atoms with Crippen molar-refractivity contribution in [3.63, 3.8) is 0 Å². The van der Waals surface area contributed by atoms with E-state index in [-0.39, 0.29) is 18.7 Å². The lowest BCUT2D eigenvalue weighted by molar-refractivity contribution is 0.287. The number of aromatic nitrogens is 2. The average molecular weight is 338 g/mol. The number of hydrogen-bond acceptors (Lipinski definition) is 4. The molecular weight excluding hydrogens is 325 g/mol. The van der Waals surface area contributed by atoms with Gasteiger partial charge in [0.05, 0.1) is 17.3 Å². The van der Waals surface area contributed by atoms with E-state index < -0.39 is 5.56 Å². The number of nitriles is 1. The van der Waals surface area contributed by atoms with Crippen molar-refractivity contribution in [3.05, 3.63) is 55.4 Å². The van der Waals surface area contributed by atoms with Gasteiger partial charge in [0.2, 0.25) is 0 Å². The van der Waals surface area contributed by atoms with Gasteiger partial charge in [-0.2, -0.15) is 10.4 Å². The van der Waals surface area contributed by atoms with Crippen molar-refractivity contribution in [1.29, 1.82) is 5.26 Å². The number of nitrogens with zero attached hydrogens (tertiary/aromatic N) is 3. The van der Waals surface area contributed by atoms with Gasteiger partial charge in [-0.15, -0.1) is 0 Å². The fraction of sp³-hybridized carbons (Fsp3) is 0.267. The summed E-state index contributed by atoms with van der Waals surface area (Å²) in [5.74, 6) is 0.475. The zero-order valence-electron chi connectivity index (χ0n) is 12.1. The van der Waals surface area contributed by atoms with Crippen LogP contribution in [0.3, 0.4) is 0 Å². The van der Waals surface area contributed by atoms with Crippen LogP contribution in [-0.2, 0) is 6.54 Å². The Morgan fingerprint density at radius 1 is 1.36 bits per heavy atom. The zero-order chi connectivity index (χ0) is 16.3. The maximum Gasteiger partial charge on any atom is 0.285 e. The summed E-state index contributed by atoms with van der Waals surface area (Å²) in [6.45, 7) is 3.87. The number of hydrogen-bond donors (Lipinski definition) is 0. The van der Waals surface area contributed by atoms with E-state index in [0.717, 1.165) is 0 Å². The lowest BCUT2D eigenvalue weighted by atomic mass is 10.1. The van der Waals surface area contributed by atoms with E-state index in [0.29, 0.717) is 27.1 Å². The van der Waals surface area contributed by atoms with Crippen molar-refractivity contribution in [2.45, 2.75) is 20.4 Å². The van der Waals surface area contributed by atoms with Crippen LogP contribution in [0.15, 0.2) is 23.0 Å². The van der Waals surface area contributed by atoms with Crippen molar-refractivity contribution < 1.29 is 4.74 Å². The largest absolute Gasteiger partial charge is 0.490 e. The minimum atomic E-state index is -0.420.